The molecule has 0 aromatic rings. The molecule has 74 valence electrons. The zero-order valence-electron chi connectivity index (χ0n) is 7.05. The standard InChI is InChI=1S/C6H14BrNO3S/c1-2-12(9,10)8-4-6-11-5-3-7/h8H,2-6H2,1H3. The van der Waals surface area contributed by atoms with Crippen LogP contribution in [-0.2, 0) is 14.8 Å². The smallest absolute Gasteiger partial charge is 0.211 e. The van der Waals surface area contributed by atoms with Gasteiger partial charge in [0.15, 0.2) is 0 Å². The second-order valence-corrected chi connectivity index (χ2v) is 4.99. The number of rotatable bonds is 7. The lowest BCUT2D eigenvalue weighted by atomic mass is 10.7. The van der Waals surface area contributed by atoms with Crippen molar-refractivity contribution in [3.8, 4) is 0 Å². The molecule has 12 heavy (non-hydrogen) atoms. The van der Waals surface area contributed by atoms with E-state index in [1.165, 1.54) is 0 Å². The van der Waals surface area contributed by atoms with Crippen LogP contribution in [0.1, 0.15) is 6.92 Å². The first-order valence-electron chi connectivity index (χ1n) is 3.73. The minimum Gasteiger partial charge on any atom is -0.379 e. The van der Waals surface area contributed by atoms with E-state index in [0.29, 0.717) is 19.8 Å². The third kappa shape index (κ3) is 7.02. The molecule has 1 N–H and O–H groups in total. The van der Waals surface area contributed by atoms with Gasteiger partial charge in [0.1, 0.15) is 0 Å². The second kappa shape index (κ2) is 6.82. The van der Waals surface area contributed by atoms with Gasteiger partial charge in [0.2, 0.25) is 10.0 Å². The Morgan fingerprint density at radius 3 is 2.58 bits per heavy atom. The van der Waals surface area contributed by atoms with Crippen molar-refractivity contribution in [2.75, 3.05) is 30.8 Å². The van der Waals surface area contributed by atoms with Crippen LogP contribution in [0, 0.1) is 0 Å². The summed E-state index contributed by atoms with van der Waals surface area (Å²) in [5.74, 6) is 0.117. The largest absolute Gasteiger partial charge is 0.379 e. The molecule has 4 nitrogen and oxygen atoms in total. The average Bonchev–Trinajstić information content (AvgIpc) is 2.04. The predicted molar refractivity (Wildman–Crippen MR) is 52.1 cm³/mol. The highest BCUT2D eigenvalue weighted by atomic mass is 79.9. The molecule has 0 unspecified atom stereocenters. The molecule has 0 aromatic carbocycles. The van der Waals surface area contributed by atoms with Gasteiger partial charge in [0.25, 0.3) is 0 Å². The molecule has 0 bridgehead atoms. The summed E-state index contributed by atoms with van der Waals surface area (Å²) in [5.41, 5.74) is 0. The maximum Gasteiger partial charge on any atom is 0.211 e. The van der Waals surface area contributed by atoms with E-state index in [9.17, 15) is 8.42 Å². The quantitative estimate of drug-likeness (QED) is 0.530. The van der Waals surface area contributed by atoms with E-state index in [0.717, 1.165) is 5.33 Å². The molecule has 0 fully saturated rings. The first-order valence-corrected chi connectivity index (χ1v) is 6.51. The molecule has 0 rings (SSSR count). The molecule has 0 spiro atoms. The van der Waals surface area contributed by atoms with Crippen LogP contribution in [0.3, 0.4) is 0 Å². The number of ether oxygens (including phenoxy) is 1. The molecular weight excluding hydrogens is 246 g/mol. The highest BCUT2D eigenvalue weighted by molar-refractivity contribution is 9.09. The molecule has 0 atom stereocenters. The van der Waals surface area contributed by atoms with Crippen LogP contribution in [0.4, 0.5) is 0 Å². The predicted octanol–water partition coefficient (Wildman–Crippen LogP) is 0.337. The first kappa shape index (κ1) is 12.3. The summed E-state index contributed by atoms with van der Waals surface area (Å²) < 4.78 is 29.2. The fraction of sp³-hybridized carbons (Fsp3) is 1.00. The number of sulfonamides is 1. The lowest BCUT2D eigenvalue weighted by Gasteiger charge is -2.03. The van der Waals surface area contributed by atoms with Crippen molar-refractivity contribution in [3.05, 3.63) is 0 Å². The van der Waals surface area contributed by atoms with Gasteiger partial charge in [-0.05, 0) is 6.92 Å². The van der Waals surface area contributed by atoms with Gasteiger partial charge in [-0.2, -0.15) is 0 Å². The summed E-state index contributed by atoms with van der Waals surface area (Å²) in [6.07, 6.45) is 0. The van der Waals surface area contributed by atoms with Crippen molar-refractivity contribution in [2.45, 2.75) is 6.92 Å². The monoisotopic (exact) mass is 259 g/mol. The van der Waals surface area contributed by atoms with Gasteiger partial charge in [0, 0.05) is 11.9 Å². The van der Waals surface area contributed by atoms with Gasteiger partial charge >= 0.3 is 0 Å². The van der Waals surface area contributed by atoms with Crippen molar-refractivity contribution < 1.29 is 13.2 Å². The topological polar surface area (TPSA) is 55.4 Å². The lowest BCUT2D eigenvalue weighted by molar-refractivity contribution is 0.156. The lowest BCUT2D eigenvalue weighted by Crippen LogP contribution is -2.28. The molecule has 0 saturated carbocycles. The molecule has 6 heteroatoms. The van der Waals surface area contributed by atoms with Crippen LogP contribution in [0.2, 0.25) is 0 Å². The van der Waals surface area contributed by atoms with E-state index in [4.69, 9.17) is 4.74 Å². The van der Waals surface area contributed by atoms with Crippen molar-refractivity contribution in [2.24, 2.45) is 0 Å². The summed E-state index contributed by atoms with van der Waals surface area (Å²) in [6, 6.07) is 0. The SMILES string of the molecule is CCS(=O)(=O)NCCOCCBr. The molecule has 0 amide bonds. The fourth-order valence-corrected chi connectivity index (χ4v) is 1.36. The summed E-state index contributed by atoms with van der Waals surface area (Å²) in [7, 11) is -3.05. The van der Waals surface area contributed by atoms with Crippen LogP contribution < -0.4 is 4.72 Å². The Kier molecular flexibility index (Phi) is 7.02. The van der Waals surface area contributed by atoms with Crippen molar-refractivity contribution in [1.82, 2.24) is 4.72 Å². The number of hydrogen-bond donors (Lipinski definition) is 1. The molecular formula is C6H14BrNO3S. The van der Waals surface area contributed by atoms with E-state index in [1.807, 2.05) is 0 Å². The van der Waals surface area contributed by atoms with Crippen LogP contribution >= 0.6 is 15.9 Å². The summed E-state index contributed by atoms with van der Waals surface area (Å²) in [4.78, 5) is 0. The normalized spacial score (nSPS) is 11.8. The first-order chi connectivity index (χ1) is 5.62. The van der Waals surface area contributed by atoms with E-state index in [2.05, 4.69) is 20.7 Å². The Bertz CT molecular complexity index is 193. The number of hydrogen-bond acceptors (Lipinski definition) is 3. The van der Waals surface area contributed by atoms with E-state index >= 15 is 0 Å². The van der Waals surface area contributed by atoms with E-state index in [-0.39, 0.29) is 5.75 Å². The van der Waals surface area contributed by atoms with E-state index < -0.39 is 10.0 Å². The van der Waals surface area contributed by atoms with Crippen LogP contribution in [0.25, 0.3) is 0 Å². The van der Waals surface area contributed by atoms with Crippen LogP contribution in [0.5, 0.6) is 0 Å². The minimum absolute atomic E-state index is 0.117. The number of nitrogens with one attached hydrogen (secondary N) is 1. The summed E-state index contributed by atoms with van der Waals surface area (Å²) in [5, 5.41) is 0.771. The third-order valence-corrected chi connectivity index (χ3v) is 2.90. The molecule has 0 heterocycles. The number of alkyl halides is 1. The molecule has 0 radical (unpaired) electrons. The Labute approximate surface area is 81.9 Å². The third-order valence-electron chi connectivity index (χ3n) is 1.17. The molecule has 0 aliphatic heterocycles. The maximum absolute atomic E-state index is 10.9. The summed E-state index contributed by atoms with van der Waals surface area (Å²) >= 11 is 3.19. The van der Waals surface area contributed by atoms with Crippen LogP contribution in [-0.4, -0.2) is 39.3 Å². The van der Waals surface area contributed by atoms with Gasteiger partial charge in [0.05, 0.1) is 19.0 Å². The van der Waals surface area contributed by atoms with Crippen molar-refractivity contribution >= 4 is 26.0 Å². The Hall–Kier alpha value is 0.350. The Morgan fingerprint density at radius 1 is 1.42 bits per heavy atom. The molecule has 0 aliphatic carbocycles. The Morgan fingerprint density at radius 2 is 2.08 bits per heavy atom. The van der Waals surface area contributed by atoms with Crippen molar-refractivity contribution in [3.63, 3.8) is 0 Å². The minimum atomic E-state index is -3.05. The zero-order chi connectivity index (χ0) is 9.45. The van der Waals surface area contributed by atoms with Gasteiger partial charge in [-0.25, -0.2) is 13.1 Å². The average molecular weight is 260 g/mol. The number of halogens is 1. The van der Waals surface area contributed by atoms with Gasteiger partial charge in [-0.1, -0.05) is 15.9 Å². The highest BCUT2D eigenvalue weighted by Gasteiger charge is 2.03. The highest BCUT2D eigenvalue weighted by Crippen LogP contribution is 1.83. The van der Waals surface area contributed by atoms with Gasteiger partial charge in [-0.15, -0.1) is 0 Å². The van der Waals surface area contributed by atoms with Gasteiger partial charge in [-0.3, -0.25) is 0 Å². The fourth-order valence-electron chi connectivity index (χ4n) is 0.528. The second-order valence-electron chi connectivity index (χ2n) is 2.10. The van der Waals surface area contributed by atoms with Gasteiger partial charge < -0.3 is 4.74 Å². The zero-order valence-corrected chi connectivity index (χ0v) is 9.45. The molecule has 0 saturated heterocycles. The van der Waals surface area contributed by atoms with Crippen molar-refractivity contribution in [1.29, 1.82) is 0 Å². The maximum atomic E-state index is 10.9. The Balaban J connectivity index is 3.32. The van der Waals surface area contributed by atoms with Crippen LogP contribution in [0.15, 0.2) is 0 Å². The summed E-state index contributed by atoms with van der Waals surface area (Å²) in [6.45, 7) is 2.98. The molecule has 0 aromatic heterocycles. The van der Waals surface area contributed by atoms with E-state index in [1.54, 1.807) is 6.92 Å². The molecule has 0 aliphatic rings.